The van der Waals surface area contributed by atoms with Gasteiger partial charge < -0.3 is 0 Å². The quantitative estimate of drug-likeness (QED) is 0.514. The van der Waals surface area contributed by atoms with Crippen LogP contribution in [0.1, 0.15) is 12.8 Å². The Morgan fingerprint density at radius 2 is 2.29 bits per heavy atom. The van der Waals surface area contributed by atoms with Gasteiger partial charge in [-0.05, 0) is 24.6 Å². The normalized spacial score (nSPS) is 23.4. The molecule has 0 aromatic carbocycles. The first kappa shape index (κ1) is 4.89. The summed E-state index contributed by atoms with van der Waals surface area (Å²) in [6, 6.07) is 2.06. The fourth-order valence-electron chi connectivity index (χ4n) is 0.352. The van der Waals surface area contributed by atoms with Crippen LogP contribution in [0.3, 0.4) is 0 Å². The van der Waals surface area contributed by atoms with Crippen molar-refractivity contribution in [3.8, 4) is 6.07 Å². The highest BCUT2D eigenvalue weighted by Crippen LogP contribution is 2.34. The van der Waals surface area contributed by atoms with Gasteiger partial charge in [0.1, 0.15) is 5.54 Å². The average Bonchev–Trinajstić information content (AvgIpc) is 2.46. The second-order valence-corrected chi connectivity index (χ2v) is 1.98. The van der Waals surface area contributed by atoms with Crippen LogP contribution in [0, 0.1) is 11.3 Å². The van der Waals surface area contributed by atoms with Gasteiger partial charge in [0.15, 0.2) is 0 Å². The molecule has 1 aliphatic carbocycles. The van der Waals surface area contributed by atoms with Crippen molar-refractivity contribution in [2.24, 2.45) is 0 Å². The molecule has 0 aromatic rings. The summed E-state index contributed by atoms with van der Waals surface area (Å²) in [6.07, 6.45) is 1.79. The largest absolute Gasteiger partial charge is 0.213 e. The molecule has 0 bridgehead atoms. The Hall–Kier alpha value is -0.260. The first-order valence-electron chi connectivity index (χ1n) is 2.12. The maximum absolute atomic E-state index is 8.26. The van der Waals surface area contributed by atoms with Gasteiger partial charge in [-0.1, -0.05) is 0 Å². The summed E-state index contributed by atoms with van der Waals surface area (Å²) >= 11 is 5.18. The topological polar surface area (TPSA) is 35.8 Å². The Labute approximate surface area is 47.2 Å². The molecule has 3 heteroatoms. The number of halogens is 1. The molecule has 0 heterocycles. The monoisotopic (exact) mass is 116 g/mol. The second-order valence-electron chi connectivity index (χ2n) is 1.79. The molecule has 0 aliphatic heterocycles. The smallest absolute Gasteiger partial charge is 0.120 e. The zero-order valence-corrected chi connectivity index (χ0v) is 4.50. The van der Waals surface area contributed by atoms with Gasteiger partial charge >= 0.3 is 0 Å². The van der Waals surface area contributed by atoms with Crippen LogP contribution < -0.4 is 4.84 Å². The summed E-state index contributed by atoms with van der Waals surface area (Å²) in [7, 11) is 0. The number of hydrogen-bond donors (Lipinski definition) is 1. The molecule has 0 radical (unpaired) electrons. The molecule has 0 aromatic heterocycles. The van der Waals surface area contributed by atoms with Crippen LogP contribution in [0.25, 0.3) is 0 Å². The summed E-state index contributed by atoms with van der Waals surface area (Å²) in [6.45, 7) is 0. The SMILES string of the molecule is N#CC1(NCl)CC1. The van der Waals surface area contributed by atoms with Gasteiger partial charge in [0.25, 0.3) is 0 Å². The highest BCUT2D eigenvalue weighted by atomic mass is 35.5. The maximum Gasteiger partial charge on any atom is 0.120 e. The Morgan fingerprint density at radius 1 is 1.71 bits per heavy atom. The molecule has 0 unspecified atom stereocenters. The van der Waals surface area contributed by atoms with Crippen molar-refractivity contribution >= 4 is 11.8 Å². The third-order valence-electron chi connectivity index (χ3n) is 1.14. The van der Waals surface area contributed by atoms with Gasteiger partial charge in [-0.3, -0.25) is 0 Å². The molecule has 2 nitrogen and oxygen atoms in total. The fourth-order valence-corrected chi connectivity index (χ4v) is 0.584. The minimum Gasteiger partial charge on any atom is -0.213 e. The van der Waals surface area contributed by atoms with E-state index in [1.807, 2.05) is 0 Å². The molecule has 1 aliphatic rings. The second kappa shape index (κ2) is 1.36. The van der Waals surface area contributed by atoms with E-state index in [0.29, 0.717) is 0 Å². The van der Waals surface area contributed by atoms with Gasteiger partial charge in [0, 0.05) is 0 Å². The van der Waals surface area contributed by atoms with E-state index >= 15 is 0 Å². The van der Waals surface area contributed by atoms with E-state index in [2.05, 4.69) is 10.9 Å². The van der Waals surface area contributed by atoms with Crippen LogP contribution in [-0.2, 0) is 0 Å². The van der Waals surface area contributed by atoms with E-state index in [1.54, 1.807) is 0 Å². The van der Waals surface area contributed by atoms with Gasteiger partial charge in [-0.2, -0.15) is 5.26 Å². The Morgan fingerprint density at radius 3 is 2.29 bits per heavy atom. The van der Waals surface area contributed by atoms with E-state index in [-0.39, 0.29) is 5.54 Å². The molecule has 38 valence electrons. The molecular weight excluding hydrogens is 112 g/mol. The van der Waals surface area contributed by atoms with Crippen LogP contribution in [0.15, 0.2) is 0 Å². The van der Waals surface area contributed by atoms with E-state index in [1.165, 1.54) is 0 Å². The van der Waals surface area contributed by atoms with Crippen LogP contribution in [0.4, 0.5) is 0 Å². The molecule has 1 N–H and O–H groups in total. The van der Waals surface area contributed by atoms with Crippen molar-refractivity contribution in [3.05, 3.63) is 0 Å². The lowest BCUT2D eigenvalue weighted by atomic mass is 10.3. The third kappa shape index (κ3) is 0.696. The minimum absolute atomic E-state index is 0.346. The zero-order chi connectivity index (χ0) is 5.33. The Kier molecular flexibility index (Phi) is 0.949. The summed E-state index contributed by atoms with van der Waals surface area (Å²) in [5.74, 6) is 0. The minimum atomic E-state index is -0.346. The molecule has 0 spiro atoms. The van der Waals surface area contributed by atoms with E-state index < -0.39 is 0 Å². The van der Waals surface area contributed by atoms with Crippen molar-refractivity contribution in [1.82, 2.24) is 4.84 Å². The van der Waals surface area contributed by atoms with Crippen LogP contribution in [-0.4, -0.2) is 5.54 Å². The number of hydrogen-bond acceptors (Lipinski definition) is 2. The molecule has 1 rings (SSSR count). The van der Waals surface area contributed by atoms with Crippen molar-refractivity contribution in [1.29, 1.82) is 5.26 Å². The highest BCUT2D eigenvalue weighted by Gasteiger charge is 2.42. The number of nitrogens with one attached hydrogen (secondary N) is 1. The summed E-state index contributed by atoms with van der Waals surface area (Å²) in [4.78, 5) is 2.41. The molecule has 0 atom stereocenters. The van der Waals surface area contributed by atoms with Gasteiger partial charge in [-0.25, -0.2) is 4.84 Å². The van der Waals surface area contributed by atoms with Gasteiger partial charge in [0.2, 0.25) is 0 Å². The molecular formula is C4H5ClN2. The summed E-state index contributed by atoms with van der Waals surface area (Å²) in [5, 5.41) is 8.26. The first-order chi connectivity index (χ1) is 3.33. The predicted molar refractivity (Wildman–Crippen MR) is 26.6 cm³/mol. The van der Waals surface area contributed by atoms with E-state index in [9.17, 15) is 0 Å². The molecule has 1 fully saturated rings. The molecule has 1 saturated carbocycles. The van der Waals surface area contributed by atoms with E-state index in [0.717, 1.165) is 12.8 Å². The van der Waals surface area contributed by atoms with Crippen LogP contribution in [0.5, 0.6) is 0 Å². The number of rotatable bonds is 1. The summed E-state index contributed by atoms with van der Waals surface area (Å²) < 4.78 is 0. The summed E-state index contributed by atoms with van der Waals surface area (Å²) in [5.41, 5.74) is -0.346. The van der Waals surface area contributed by atoms with Crippen molar-refractivity contribution in [2.75, 3.05) is 0 Å². The lowest BCUT2D eigenvalue weighted by molar-refractivity contribution is 0.789. The molecule has 7 heavy (non-hydrogen) atoms. The maximum atomic E-state index is 8.26. The van der Waals surface area contributed by atoms with Crippen LogP contribution in [0.2, 0.25) is 0 Å². The Balaban J connectivity index is 2.47. The van der Waals surface area contributed by atoms with Crippen molar-refractivity contribution in [2.45, 2.75) is 18.4 Å². The standard InChI is InChI=1S/C4H5ClN2/c5-7-4(3-6)1-2-4/h7H,1-2H2. The number of nitrogens with zero attached hydrogens (tertiary/aromatic N) is 1. The molecule has 0 amide bonds. The predicted octanol–water partition coefficient (Wildman–Crippen LogP) is 0.786. The average molecular weight is 117 g/mol. The fraction of sp³-hybridized carbons (Fsp3) is 0.750. The van der Waals surface area contributed by atoms with E-state index in [4.69, 9.17) is 17.0 Å². The zero-order valence-electron chi connectivity index (χ0n) is 3.74. The number of nitriles is 1. The highest BCUT2D eigenvalue weighted by molar-refractivity contribution is 6.14. The lowest BCUT2D eigenvalue weighted by Gasteiger charge is -1.94. The lowest BCUT2D eigenvalue weighted by Crippen LogP contribution is -2.18. The Bertz CT molecular complexity index is 111. The van der Waals surface area contributed by atoms with Crippen molar-refractivity contribution < 1.29 is 0 Å². The third-order valence-corrected chi connectivity index (χ3v) is 1.51. The van der Waals surface area contributed by atoms with Crippen molar-refractivity contribution in [3.63, 3.8) is 0 Å². The molecule has 0 saturated heterocycles. The van der Waals surface area contributed by atoms with Gasteiger partial charge in [-0.15, -0.1) is 0 Å². The van der Waals surface area contributed by atoms with Gasteiger partial charge in [0.05, 0.1) is 6.07 Å². The first-order valence-corrected chi connectivity index (χ1v) is 2.50. The van der Waals surface area contributed by atoms with Crippen LogP contribution >= 0.6 is 11.8 Å².